The summed E-state index contributed by atoms with van der Waals surface area (Å²) in [6.07, 6.45) is 1.59. The van der Waals surface area contributed by atoms with Gasteiger partial charge >= 0.3 is 10.1 Å². The molecule has 0 spiro atoms. The molecule has 0 bridgehead atoms. The van der Waals surface area contributed by atoms with Crippen LogP contribution in [0.4, 0.5) is 17.1 Å². The minimum absolute atomic E-state index is 0.0602. The lowest BCUT2D eigenvalue weighted by Crippen LogP contribution is -2.10. The molecule has 9 nitrogen and oxygen atoms in total. The van der Waals surface area contributed by atoms with Crippen molar-refractivity contribution in [2.45, 2.75) is 18.7 Å². The highest BCUT2D eigenvalue weighted by molar-refractivity contribution is 7.87. The van der Waals surface area contributed by atoms with Crippen LogP contribution in [0.25, 0.3) is 0 Å². The zero-order valence-corrected chi connectivity index (χ0v) is 18.0. The quantitative estimate of drug-likeness (QED) is 0.245. The summed E-state index contributed by atoms with van der Waals surface area (Å²) in [5.41, 5.74) is 2.08. The maximum absolute atomic E-state index is 12.5. The standard InChI is InChI=1S/C22H19N3O6S/c1-15-3-12-21(13-22(15)25(27)28)32(29,30)31-20-10-4-17(5-11-20)14-23-18-6-8-19(9-7-18)24-16(2)26/h3-14H,1-2H3,(H,24,26). The molecule has 3 aromatic carbocycles. The molecule has 0 aliphatic heterocycles. The van der Waals surface area contributed by atoms with Crippen molar-refractivity contribution in [3.63, 3.8) is 0 Å². The van der Waals surface area contributed by atoms with E-state index in [1.54, 1.807) is 42.6 Å². The van der Waals surface area contributed by atoms with Crippen molar-refractivity contribution >= 4 is 39.3 Å². The van der Waals surface area contributed by atoms with E-state index in [9.17, 15) is 23.3 Å². The predicted molar refractivity (Wildman–Crippen MR) is 120 cm³/mol. The second-order valence-electron chi connectivity index (χ2n) is 6.80. The molecule has 10 heteroatoms. The zero-order valence-electron chi connectivity index (χ0n) is 17.2. The summed E-state index contributed by atoms with van der Waals surface area (Å²) in [4.78, 5) is 25.5. The van der Waals surface area contributed by atoms with Gasteiger partial charge in [-0.1, -0.05) is 6.07 Å². The number of hydrogen-bond acceptors (Lipinski definition) is 7. The molecule has 1 amide bonds. The molecular formula is C22H19N3O6S. The number of amides is 1. The third-order valence-corrected chi connectivity index (χ3v) is 5.55. The molecule has 0 aliphatic rings. The number of aliphatic imine (C=N–C) groups is 1. The van der Waals surface area contributed by atoms with E-state index in [4.69, 9.17) is 4.18 Å². The summed E-state index contributed by atoms with van der Waals surface area (Å²) >= 11 is 0. The van der Waals surface area contributed by atoms with Gasteiger partial charge in [0.2, 0.25) is 5.91 Å². The van der Waals surface area contributed by atoms with Crippen LogP contribution in [0.5, 0.6) is 5.75 Å². The van der Waals surface area contributed by atoms with Crippen LogP contribution in [0.1, 0.15) is 18.1 Å². The Hall–Kier alpha value is -4.05. The topological polar surface area (TPSA) is 128 Å². The Morgan fingerprint density at radius 3 is 2.31 bits per heavy atom. The van der Waals surface area contributed by atoms with Crippen LogP contribution in [-0.2, 0) is 14.9 Å². The number of benzene rings is 3. The number of nitrogens with zero attached hydrogens (tertiary/aromatic N) is 2. The molecule has 0 aliphatic carbocycles. The van der Waals surface area contributed by atoms with Crippen molar-refractivity contribution in [1.82, 2.24) is 0 Å². The Bertz CT molecular complexity index is 1280. The lowest BCUT2D eigenvalue weighted by molar-refractivity contribution is -0.385. The fourth-order valence-corrected chi connectivity index (χ4v) is 3.66. The molecule has 1 N–H and O–H groups in total. The number of rotatable bonds is 7. The van der Waals surface area contributed by atoms with Crippen LogP contribution in [0.15, 0.2) is 76.6 Å². The van der Waals surface area contributed by atoms with Gasteiger partial charge in [0.15, 0.2) is 0 Å². The summed E-state index contributed by atoms with van der Waals surface area (Å²) in [5, 5.41) is 13.7. The van der Waals surface area contributed by atoms with Crippen LogP contribution >= 0.6 is 0 Å². The fraction of sp³-hybridized carbons (Fsp3) is 0.0909. The van der Waals surface area contributed by atoms with Gasteiger partial charge in [0.25, 0.3) is 5.69 Å². The SMILES string of the molecule is CC(=O)Nc1ccc(N=Cc2ccc(OS(=O)(=O)c3ccc(C)c([N+](=O)[O-])c3)cc2)cc1. The first-order chi connectivity index (χ1) is 15.1. The van der Waals surface area contributed by atoms with E-state index < -0.39 is 15.0 Å². The average Bonchev–Trinajstić information content (AvgIpc) is 2.73. The first-order valence-electron chi connectivity index (χ1n) is 9.35. The van der Waals surface area contributed by atoms with Crippen LogP contribution in [-0.4, -0.2) is 25.5 Å². The highest BCUT2D eigenvalue weighted by Crippen LogP contribution is 2.25. The monoisotopic (exact) mass is 453 g/mol. The minimum Gasteiger partial charge on any atom is -0.379 e. The van der Waals surface area contributed by atoms with Crippen LogP contribution in [0.2, 0.25) is 0 Å². The van der Waals surface area contributed by atoms with E-state index >= 15 is 0 Å². The highest BCUT2D eigenvalue weighted by atomic mass is 32.2. The lowest BCUT2D eigenvalue weighted by Gasteiger charge is -2.08. The van der Waals surface area contributed by atoms with Crippen molar-refractivity contribution < 1.29 is 22.3 Å². The molecule has 0 atom stereocenters. The summed E-state index contributed by atoms with van der Waals surface area (Å²) in [6.45, 7) is 2.95. The molecule has 3 aromatic rings. The first-order valence-corrected chi connectivity index (χ1v) is 10.8. The molecule has 3 rings (SSSR count). The average molecular weight is 453 g/mol. The maximum Gasteiger partial charge on any atom is 0.339 e. The minimum atomic E-state index is -4.24. The molecule has 0 saturated carbocycles. The summed E-state index contributed by atoms with van der Waals surface area (Å²) in [7, 11) is -4.24. The number of carbonyl (C=O) groups is 1. The number of carbonyl (C=O) groups excluding carboxylic acids is 1. The van der Waals surface area contributed by atoms with Gasteiger partial charge in [0, 0.05) is 30.5 Å². The van der Waals surface area contributed by atoms with Gasteiger partial charge < -0.3 is 9.50 Å². The van der Waals surface area contributed by atoms with Crippen molar-refractivity contribution in [1.29, 1.82) is 0 Å². The molecule has 0 radical (unpaired) electrons. The van der Waals surface area contributed by atoms with E-state index in [0.717, 1.165) is 6.07 Å². The predicted octanol–water partition coefficient (Wildman–Crippen LogP) is 4.38. The molecule has 0 unspecified atom stereocenters. The van der Waals surface area contributed by atoms with Gasteiger partial charge in [-0.2, -0.15) is 8.42 Å². The third kappa shape index (κ3) is 5.76. The number of nitrogens with one attached hydrogen (secondary N) is 1. The van der Waals surface area contributed by atoms with E-state index in [0.29, 0.717) is 22.5 Å². The van der Waals surface area contributed by atoms with Gasteiger partial charge in [-0.05, 0) is 67.1 Å². The fourth-order valence-electron chi connectivity index (χ4n) is 2.71. The van der Waals surface area contributed by atoms with Gasteiger partial charge in [-0.15, -0.1) is 0 Å². The van der Waals surface area contributed by atoms with Crippen molar-refractivity contribution in [3.8, 4) is 5.75 Å². The van der Waals surface area contributed by atoms with E-state index in [1.165, 1.54) is 38.1 Å². The smallest absolute Gasteiger partial charge is 0.339 e. The normalized spacial score (nSPS) is 11.3. The van der Waals surface area contributed by atoms with Crippen molar-refractivity contribution in [3.05, 3.63) is 88.0 Å². The maximum atomic E-state index is 12.5. The summed E-state index contributed by atoms with van der Waals surface area (Å²) in [5.74, 6) is -0.101. The number of anilines is 1. The molecule has 0 heterocycles. The third-order valence-electron chi connectivity index (χ3n) is 4.30. The summed E-state index contributed by atoms with van der Waals surface area (Å²) in [6, 6.07) is 16.7. The molecular weight excluding hydrogens is 434 g/mol. The Kier molecular flexibility index (Phi) is 6.64. The zero-order chi connectivity index (χ0) is 23.3. The Balaban J connectivity index is 1.70. The van der Waals surface area contributed by atoms with E-state index in [-0.39, 0.29) is 22.2 Å². The summed E-state index contributed by atoms with van der Waals surface area (Å²) < 4.78 is 30.1. The van der Waals surface area contributed by atoms with Crippen LogP contribution in [0, 0.1) is 17.0 Å². The molecule has 0 aromatic heterocycles. The van der Waals surface area contributed by atoms with E-state index in [1.807, 2.05) is 0 Å². The largest absolute Gasteiger partial charge is 0.379 e. The number of nitro groups is 1. The Labute approximate surface area is 184 Å². The van der Waals surface area contributed by atoms with Gasteiger partial charge in [-0.3, -0.25) is 19.9 Å². The Morgan fingerprint density at radius 2 is 1.72 bits per heavy atom. The van der Waals surface area contributed by atoms with Gasteiger partial charge in [-0.25, -0.2) is 0 Å². The second-order valence-corrected chi connectivity index (χ2v) is 8.34. The van der Waals surface area contributed by atoms with Crippen LogP contribution < -0.4 is 9.50 Å². The molecule has 0 saturated heterocycles. The number of aryl methyl sites for hydroxylation is 1. The molecule has 0 fully saturated rings. The number of hydrogen-bond donors (Lipinski definition) is 1. The van der Waals surface area contributed by atoms with Gasteiger partial charge in [0.05, 0.1) is 10.6 Å². The van der Waals surface area contributed by atoms with Crippen LogP contribution in [0.3, 0.4) is 0 Å². The van der Waals surface area contributed by atoms with Crippen molar-refractivity contribution in [2.24, 2.45) is 4.99 Å². The molecule has 164 valence electrons. The highest BCUT2D eigenvalue weighted by Gasteiger charge is 2.21. The Morgan fingerprint density at radius 1 is 1.06 bits per heavy atom. The van der Waals surface area contributed by atoms with E-state index in [2.05, 4.69) is 10.3 Å². The lowest BCUT2D eigenvalue weighted by atomic mass is 10.2. The van der Waals surface area contributed by atoms with Crippen molar-refractivity contribution in [2.75, 3.05) is 5.32 Å². The molecule has 32 heavy (non-hydrogen) atoms. The first kappa shape index (κ1) is 22.6. The van der Waals surface area contributed by atoms with Gasteiger partial charge in [0.1, 0.15) is 10.6 Å². The second kappa shape index (κ2) is 9.40. The number of nitro benzene ring substituents is 1.